The fraction of sp³-hybridized carbons (Fsp3) is 0.280. The van der Waals surface area contributed by atoms with Crippen molar-refractivity contribution in [3.05, 3.63) is 72.9 Å². The van der Waals surface area contributed by atoms with E-state index >= 15 is 0 Å². The summed E-state index contributed by atoms with van der Waals surface area (Å²) >= 11 is 0. The predicted molar refractivity (Wildman–Crippen MR) is 130 cm³/mol. The van der Waals surface area contributed by atoms with Crippen molar-refractivity contribution in [1.29, 1.82) is 0 Å². The Morgan fingerprint density at radius 2 is 1.74 bits per heavy atom. The smallest absolute Gasteiger partial charge is 0.229 e. The minimum Gasteiger partial charge on any atom is -0.378 e. The van der Waals surface area contributed by atoms with Gasteiger partial charge in [-0.3, -0.25) is 4.90 Å². The van der Waals surface area contributed by atoms with Gasteiger partial charge in [0, 0.05) is 57.8 Å². The summed E-state index contributed by atoms with van der Waals surface area (Å²) in [6.07, 6.45) is 7.32. The summed E-state index contributed by atoms with van der Waals surface area (Å²) in [5.41, 5.74) is 4.48. The summed E-state index contributed by atoms with van der Waals surface area (Å²) in [6.45, 7) is 4.13. The quantitative estimate of drug-likeness (QED) is 0.393. The summed E-state index contributed by atoms with van der Waals surface area (Å²) in [5, 5.41) is 6.74. The van der Waals surface area contributed by atoms with Crippen LogP contribution < -0.4 is 15.5 Å². The van der Waals surface area contributed by atoms with E-state index in [-0.39, 0.29) is 0 Å². The average molecular weight is 415 g/mol. The van der Waals surface area contributed by atoms with Crippen molar-refractivity contribution >= 4 is 23.1 Å². The van der Waals surface area contributed by atoms with Crippen LogP contribution in [-0.4, -0.2) is 55.1 Å². The molecule has 31 heavy (non-hydrogen) atoms. The maximum Gasteiger partial charge on any atom is 0.229 e. The van der Waals surface area contributed by atoms with E-state index in [0.717, 1.165) is 49.7 Å². The van der Waals surface area contributed by atoms with Crippen molar-refractivity contribution in [1.82, 2.24) is 14.9 Å². The van der Waals surface area contributed by atoms with Crippen LogP contribution in [0.15, 0.2) is 72.9 Å². The van der Waals surface area contributed by atoms with E-state index in [1.165, 1.54) is 11.3 Å². The second-order valence-electron chi connectivity index (χ2n) is 7.93. The standard InChI is InChI=1S/C25H30N6/c1-30(2)23-11-6-9-21(19-23)20-8-5-10-22(18-20)28-25-27-14-12-24(29-25)26-13-7-17-31-15-3-4-16-31/h3-6,8-12,14,18-19H,7,13,15-17H2,1-2H3,(H2,26,27,28,29). The van der Waals surface area contributed by atoms with Gasteiger partial charge in [-0.15, -0.1) is 0 Å². The van der Waals surface area contributed by atoms with Crippen LogP contribution in [0.4, 0.5) is 23.1 Å². The molecule has 6 heteroatoms. The molecule has 2 aromatic carbocycles. The second-order valence-corrected chi connectivity index (χ2v) is 7.93. The summed E-state index contributed by atoms with van der Waals surface area (Å²) in [5.74, 6) is 1.43. The Bertz CT molecular complexity index is 1020. The minimum absolute atomic E-state index is 0.591. The Kier molecular flexibility index (Phi) is 6.79. The Morgan fingerprint density at radius 1 is 0.968 bits per heavy atom. The largest absolute Gasteiger partial charge is 0.378 e. The Hall–Kier alpha value is -3.38. The van der Waals surface area contributed by atoms with Crippen molar-refractivity contribution in [3.8, 4) is 11.1 Å². The van der Waals surface area contributed by atoms with Gasteiger partial charge in [-0.05, 0) is 47.9 Å². The third kappa shape index (κ3) is 5.83. The molecule has 1 aliphatic heterocycles. The fourth-order valence-electron chi connectivity index (χ4n) is 3.61. The third-order valence-corrected chi connectivity index (χ3v) is 5.32. The number of hydrogen-bond acceptors (Lipinski definition) is 6. The SMILES string of the molecule is CN(C)c1cccc(-c2cccc(Nc3nccc(NCCCN4CC=CC4)n3)c2)c1. The molecule has 4 rings (SSSR count). The molecule has 0 spiro atoms. The van der Waals surface area contributed by atoms with Gasteiger partial charge in [0.1, 0.15) is 5.82 Å². The van der Waals surface area contributed by atoms with Crippen molar-refractivity contribution in [2.75, 3.05) is 55.8 Å². The molecular formula is C25H30N6. The predicted octanol–water partition coefficient (Wildman–Crippen LogP) is 4.63. The first-order valence-electron chi connectivity index (χ1n) is 10.8. The lowest BCUT2D eigenvalue weighted by atomic mass is 10.0. The van der Waals surface area contributed by atoms with Gasteiger partial charge < -0.3 is 15.5 Å². The van der Waals surface area contributed by atoms with E-state index in [1.54, 1.807) is 6.20 Å². The zero-order valence-corrected chi connectivity index (χ0v) is 18.3. The minimum atomic E-state index is 0.591. The van der Waals surface area contributed by atoms with Gasteiger partial charge in [-0.1, -0.05) is 36.4 Å². The zero-order valence-electron chi connectivity index (χ0n) is 18.3. The third-order valence-electron chi connectivity index (χ3n) is 5.32. The average Bonchev–Trinajstić information content (AvgIpc) is 3.31. The molecule has 160 valence electrons. The number of hydrogen-bond donors (Lipinski definition) is 2. The zero-order chi connectivity index (χ0) is 21.5. The van der Waals surface area contributed by atoms with Gasteiger partial charge in [0.25, 0.3) is 0 Å². The molecule has 0 fully saturated rings. The first-order chi connectivity index (χ1) is 15.2. The number of benzene rings is 2. The summed E-state index contributed by atoms with van der Waals surface area (Å²) in [4.78, 5) is 13.5. The van der Waals surface area contributed by atoms with Crippen LogP contribution in [0.5, 0.6) is 0 Å². The molecule has 0 unspecified atom stereocenters. The maximum atomic E-state index is 4.61. The lowest BCUT2D eigenvalue weighted by Crippen LogP contribution is -2.23. The second kappa shape index (κ2) is 10.1. The van der Waals surface area contributed by atoms with Gasteiger partial charge in [0.05, 0.1) is 0 Å². The fourth-order valence-corrected chi connectivity index (χ4v) is 3.61. The van der Waals surface area contributed by atoms with Crippen molar-refractivity contribution < 1.29 is 0 Å². The van der Waals surface area contributed by atoms with E-state index in [0.29, 0.717) is 5.95 Å². The van der Waals surface area contributed by atoms with Gasteiger partial charge in [0.15, 0.2) is 0 Å². The highest BCUT2D eigenvalue weighted by Crippen LogP contribution is 2.27. The molecular weight excluding hydrogens is 384 g/mol. The molecule has 0 bridgehead atoms. The molecule has 0 atom stereocenters. The van der Waals surface area contributed by atoms with Crippen LogP contribution >= 0.6 is 0 Å². The van der Waals surface area contributed by atoms with Crippen LogP contribution in [0.1, 0.15) is 6.42 Å². The highest BCUT2D eigenvalue weighted by Gasteiger charge is 2.06. The molecule has 0 amide bonds. The Balaban J connectivity index is 1.37. The normalized spacial score (nSPS) is 13.4. The molecule has 1 aliphatic rings. The first kappa shape index (κ1) is 20.9. The first-order valence-corrected chi connectivity index (χ1v) is 10.8. The van der Waals surface area contributed by atoms with Gasteiger partial charge >= 0.3 is 0 Å². The Morgan fingerprint density at radius 3 is 2.55 bits per heavy atom. The molecule has 2 N–H and O–H groups in total. The van der Waals surface area contributed by atoms with Gasteiger partial charge in [-0.25, -0.2) is 4.98 Å². The van der Waals surface area contributed by atoms with Crippen molar-refractivity contribution in [2.45, 2.75) is 6.42 Å². The summed E-state index contributed by atoms with van der Waals surface area (Å²) < 4.78 is 0. The van der Waals surface area contributed by atoms with Crippen molar-refractivity contribution in [3.63, 3.8) is 0 Å². The molecule has 0 saturated carbocycles. The molecule has 0 saturated heterocycles. The number of aromatic nitrogens is 2. The van der Waals surface area contributed by atoms with E-state index in [9.17, 15) is 0 Å². The number of anilines is 4. The Labute approximate surface area is 184 Å². The topological polar surface area (TPSA) is 56.3 Å². The number of nitrogens with zero attached hydrogens (tertiary/aromatic N) is 4. The monoisotopic (exact) mass is 414 g/mol. The molecule has 0 radical (unpaired) electrons. The highest BCUT2D eigenvalue weighted by molar-refractivity contribution is 5.72. The highest BCUT2D eigenvalue weighted by atomic mass is 15.1. The summed E-state index contributed by atoms with van der Waals surface area (Å²) in [7, 11) is 4.11. The molecule has 3 aromatic rings. The van der Waals surface area contributed by atoms with Crippen LogP contribution in [0, 0.1) is 0 Å². The van der Waals surface area contributed by atoms with Crippen LogP contribution in [0.3, 0.4) is 0 Å². The van der Waals surface area contributed by atoms with Crippen molar-refractivity contribution in [2.24, 2.45) is 0 Å². The van der Waals surface area contributed by atoms with E-state index in [4.69, 9.17) is 0 Å². The summed E-state index contributed by atoms with van der Waals surface area (Å²) in [6, 6.07) is 18.8. The molecule has 2 heterocycles. The molecule has 1 aromatic heterocycles. The molecule has 0 aliphatic carbocycles. The lowest BCUT2D eigenvalue weighted by molar-refractivity contribution is 0.351. The number of rotatable bonds is 9. The van der Waals surface area contributed by atoms with Crippen LogP contribution in [0.2, 0.25) is 0 Å². The van der Waals surface area contributed by atoms with Crippen LogP contribution in [0.25, 0.3) is 11.1 Å². The molecule has 6 nitrogen and oxygen atoms in total. The van der Waals surface area contributed by atoms with E-state index in [1.807, 2.05) is 12.1 Å². The van der Waals surface area contributed by atoms with Crippen LogP contribution in [-0.2, 0) is 0 Å². The van der Waals surface area contributed by atoms with Gasteiger partial charge in [-0.2, -0.15) is 4.98 Å². The van der Waals surface area contributed by atoms with E-state index in [2.05, 4.69) is 99.1 Å². The number of nitrogens with one attached hydrogen (secondary N) is 2. The maximum absolute atomic E-state index is 4.61. The van der Waals surface area contributed by atoms with E-state index < -0.39 is 0 Å². The van der Waals surface area contributed by atoms with Gasteiger partial charge in [0.2, 0.25) is 5.95 Å². The lowest BCUT2D eigenvalue weighted by Gasteiger charge is -2.15.